The summed E-state index contributed by atoms with van der Waals surface area (Å²) < 4.78 is 27.9. The van der Waals surface area contributed by atoms with Gasteiger partial charge in [-0.15, -0.1) is 11.3 Å². The first-order valence-electron chi connectivity index (χ1n) is 7.69. The summed E-state index contributed by atoms with van der Waals surface area (Å²) >= 11 is 1.36. The van der Waals surface area contributed by atoms with Crippen LogP contribution in [0.3, 0.4) is 0 Å². The molecule has 0 spiro atoms. The van der Waals surface area contributed by atoms with Crippen LogP contribution in [0, 0.1) is 6.92 Å². The quantitative estimate of drug-likeness (QED) is 0.850. The van der Waals surface area contributed by atoms with Crippen LogP contribution < -0.4 is 0 Å². The van der Waals surface area contributed by atoms with Crippen molar-refractivity contribution in [1.82, 2.24) is 4.31 Å². The third kappa shape index (κ3) is 3.26. The summed E-state index contributed by atoms with van der Waals surface area (Å²) in [7, 11) is -3.35. The van der Waals surface area contributed by atoms with Gasteiger partial charge >= 0.3 is 0 Å². The zero-order chi connectivity index (χ0) is 15.6. The maximum absolute atomic E-state index is 12.9. The number of hydrogen-bond donors (Lipinski definition) is 0. The van der Waals surface area contributed by atoms with Gasteiger partial charge in [-0.25, -0.2) is 8.42 Å². The first-order chi connectivity index (χ1) is 10.6. The van der Waals surface area contributed by atoms with Gasteiger partial charge in [0.15, 0.2) is 0 Å². The second kappa shape index (κ2) is 6.52. The minimum Gasteiger partial charge on any atom is -0.206 e. The summed E-state index contributed by atoms with van der Waals surface area (Å²) in [6, 6.07) is 13.9. The highest BCUT2D eigenvalue weighted by atomic mass is 32.2. The van der Waals surface area contributed by atoms with Crippen LogP contribution in [0.2, 0.25) is 0 Å². The maximum atomic E-state index is 12.9. The Balaban J connectivity index is 1.87. The van der Waals surface area contributed by atoms with E-state index in [1.807, 2.05) is 31.2 Å². The van der Waals surface area contributed by atoms with E-state index in [1.165, 1.54) is 16.9 Å². The molecule has 5 heteroatoms. The molecule has 1 aliphatic rings. The van der Waals surface area contributed by atoms with Crippen LogP contribution in [0.25, 0.3) is 0 Å². The molecule has 22 heavy (non-hydrogen) atoms. The summed E-state index contributed by atoms with van der Waals surface area (Å²) in [4.78, 5) is 1.04. The summed E-state index contributed by atoms with van der Waals surface area (Å²) in [6.45, 7) is 3.16. The van der Waals surface area contributed by atoms with Crippen LogP contribution in [-0.2, 0) is 10.0 Å². The smallest absolute Gasteiger partial charge is 0.206 e. The third-order valence-corrected chi connectivity index (χ3v) is 7.55. The summed E-state index contributed by atoms with van der Waals surface area (Å²) in [5.41, 5.74) is 1.24. The predicted octanol–water partition coefficient (Wildman–Crippen LogP) is 4.01. The van der Waals surface area contributed by atoms with Gasteiger partial charge in [0.2, 0.25) is 0 Å². The van der Waals surface area contributed by atoms with E-state index in [0.29, 0.717) is 23.2 Å². The second-order valence-corrected chi connectivity index (χ2v) is 9.28. The largest absolute Gasteiger partial charge is 0.252 e. The molecule has 1 aromatic carbocycles. The molecular weight excluding hydrogens is 314 g/mol. The van der Waals surface area contributed by atoms with Crippen molar-refractivity contribution in [2.45, 2.75) is 36.3 Å². The normalized spacial score (nSPS) is 20.7. The van der Waals surface area contributed by atoms with Gasteiger partial charge in [0.05, 0.1) is 0 Å². The molecule has 1 unspecified atom stereocenters. The average Bonchev–Trinajstić information content (AvgIpc) is 2.82. The van der Waals surface area contributed by atoms with Gasteiger partial charge in [-0.05, 0) is 43.4 Å². The molecule has 1 fully saturated rings. The van der Waals surface area contributed by atoms with E-state index in [1.54, 1.807) is 10.4 Å². The third-order valence-electron chi connectivity index (χ3n) is 4.21. The first kappa shape index (κ1) is 15.7. The van der Waals surface area contributed by atoms with Crippen molar-refractivity contribution in [2.24, 2.45) is 0 Å². The highest BCUT2D eigenvalue weighted by molar-refractivity contribution is 7.91. The molecule has 0 saturated carbocycles. The molecular formula is C17H21NO2S2. The Labute approximate surface area is 136 Å². The minimum absolute atomic E-state index is 0.291. The monoisotopic (exact) mass is 335 g/mol. The molecule has 1 saturated heterocycles. The lowest BCUT2D eigenvalue weighted by atomic mass is 9.95. The van der Waals surface area contributed by atoms with Crippen molar-refractivity contribution < 1.29 is 8.42 Å². The molecule has 3 nitrogen and oxygen atoms in total. The molecule has 0 N–H and O–H groups in total. The zero-order valence-corrected chi connectivity index (χ0v) is 14.4. The lowest BCUT2D eigenvalue weighted by Crippen LogP contribution is -2.33. The fourth-order valence-corrected chi connectivity index (χ4v) is 5.96. The molecule has 2 heterocycles. The van der Waals surface area contributed by atoms with Gasteiger partial charge in [-0.2, -0.15) is 4.31 Å². The fraction of sp³-hybridized carbons (Fsp3) is 0.412. The number of benzene rings is 1. The zero-order valence-electron chi connectivity index (χ0n) is 12.7. The molecule has 0 aliphatic carbocycles. The Bertz CT molecular complexity index is 722. The fourth-order valence-electron chi connectivity index (χ4n) is 3.00. The van der Waals surface area contributed by atoms with E-state index < -0.39 is 10.0 Å². The number of hydrogen-bond acceptors (Lipinski definition) is 3. The van der Waals surface area contributed by atoms with E-state index in [0.717, 1.165) is 24.1 Å². The van der Waals surface area contributed by atoms with Gasteiger partial charge in [-0.3, -0.25) is 0 Å². The van der Waals surface area contributed by atoms with Crippen LogP contribution in [-0.4, -0.2) is 25.8 Å². The van der Waals surface area contributed by atoms with Gasteiger partial charge < -0.3 is 0 Å². The Morgan fingerprint density at radius 3 is 2.55 bits per heavy atom. The summed E-state index contributed by atoms with van der Waals surface area (Å²) in [5.74, 6) is 0.291. The summed E-state index contributed by atoms with van der Waals surface area (Å²) in [5, 5.41) is 0. The number of sulfonamides is 1. The van der Waals surface area contributed by atoms with Crippen molar-refractivity contribution in [2.75, 3.05) is 13.1 Å². The number of thiophene rings is 1. The Kier molecular flexibility index (Phi) is 4.66. The average molecular weight is 335 g/mol. The molecule has 2 aromatic rings. The lowest BCUT2D eigenvalue weighted by molar-refractivity contribution is 0.407. The van der Waals surface area contributed by atoms with Crippen LogP contribution in [0.5, 0.6) is 0 Å². The van der Waals surface area contributed by atoms with E-state index in [-0.39, 0.29) is 0 Å². The van der Waals surface area contributed by atoms with Gasteiger partial charge in [0.25, 0.3) is 10.0 Å². The Hall–Kier alpha value is -1.17. The van der Waals surface area contributed by atoms with Crippen molar-refractivity contribution in [3.8, 4) is 0 Å². The minimum atomic E-state index is -3.35. The second-order valence-electron chi connectivity index (χ2n) is 5.83. The molecule has 118 valence electrons. The van der Waals surface area contributed by atoms with Crippen molar-refractivity contribution in [3.05, 3.63) is 52.9 Å². The van der Waals surface area contributed by atoms with E-state index >= 15 is 0 Å². The molecule has 1 aromatic heterocycles. The van der Waals surface area contributed by atoms with Crippen LogP contribution >= 0.6 is 11.3 Å². The van der Waals surface area contributed by atoms with Crippen LogP contribution in [0.4, 0.5) is 0 Å². The van der Waals surface area contributed by atoms with Gasteiger partial charge in [0.1, 0.15) is 4.21 Å². The number of nitrogens with zero attached hydrogens (tertiary/aromatic N) is 1. The van der Waals surface area contributed by atoms with Crippen molar-refractivity contribution in [1.29, 1.82) is 0 Å². The Morgan fingerprint density at radius 1 is 1.09 bits per heavy atom. The SMILES string of the molecule is Cc1ccc(S(=O)(=O)N2CCCCC(c3ccccc3)C2)s1. The molecule has 0 bridgehead atoms. The first-order valence-corrected chi connectivity index (χ1v) is 9.94. The molecule has 0 radical (unpaired) electrons. The van der Waals surface area contributed by atoms with Gasteiger partial charge in [-0.1, -0.05) is 36.8 Å². The standard InChI is InChI=1S/C17H21NO2S2/c1-14-10-11-17(21-14)22(19,20)18-12-6-5-9-16(13-18)15-7-3-2-4-8-15/h2-4,7-8,10-11,16H,5-6,9,12-13H2,1H3. The Morgan fingerprint density at radius 2 is 1.86 bits per heavy atom. The number of aryl methyl sites for hydroxylation is 1. The van der Waals surface area contributed by atoms with E-state index in [9.17, 15) is 8.42 Å². The molecule has 1 atom stereocenters. The molecule has 0 amide bonds. The van der Waals surface area contributed by atoms with E-state index in [2.05, 4.69) is 12.1 Å². The molecule has 1 aliphatic heterocycles. The number of rotatable bonds is 3. The highest BCUT2D eigenvalue weighted by Crippen LogP contribution is 2.31. The predicted molar refractivity (Wildman–Crippen MR) is 90.8 cm³/mol. The van der Waals surface area contributed by atoms with E-state index in [4.69, 9.17) is 0 Å². The van der Waals surface area contributed by atoms with Crippen molar-refractivity contribution in [3.63, 3.8) is 0 Å². The van der Waals surface area contributed by atoms with Gasteiger partial charge in [0, 0.05) is 18.0 Å². The topological polar surface area (TPSA) is 37.4 Å². The summed E-state index contributed by atoms with van der Waals surface area (Å²) in [6.07, 6.45) is 3.07. The van der Waals surface area contributed by atoms with Crippen LogP contribution in [0.15, 0.2) is 46.7 Å². The maximum Gasteiger partial charge on any atom is 0.252 e. The molecule has 3 rings (SSSR count). The van der Waals surface area contributed by atoms with Crippen LogP contribution in [0.1, 0.15) is 35.6 Å². The van der Waals surface area contributed by atoms with Crippen molar-refractivity contribution >= 4 is 21.4 Å². The lowest BCUT2D eigenvalue weighted by Gasteiger charge is -2.23. The highest BCUT2D eigenvalue weighted by Gasteiger charge is 2.30.